The van der Waals surface area contributed by atoms with Gasteiger partial charge in [-0.1, -0.05) is 17.7 Å². The third-order valence-electron chi connectivity index (χ3n) is 2.94. The molecular formula is C14H16ClN5O. The summed E-state index contributed by atoms with van der Waals surface area (Å²) < 4.78 is 0. The molecule has 0 saturated carbocycles. The van der Waals surface area contributed by atoms with E-state index in [0.29, 0.717) is 24.5 Å². The highest BCUT2D eigenvalue weighted by Gasteiger charge is 2.16. The van der Waals surface area contributed by atoms with Gasteiger partial charge in [0.25, 0.3) is 5.91 Å². The van der Waals surface area contributed by atoms with Gasteiger partial charge in [0.05, 0.1) is 12.2 Å². The van der Waals surface area contributed by atoms with Crippen molar-refractivity contribution in [2.45, 2.75) is 13.5 Å². The first-order chi connectivity index (χ1) is 10.1. The smallest absolute Gasteiger partial charge is 0.254 e. The molecule has 0 aliphatic carbocycles. The summed E-state index contributed by atoms with van der Waals surface area (Å²) in [5.41, 5.74) is 3.65. The molecular weight excluding hydrogens is 290 g/mol. The highest BCUT2D eigenvalue weighted by molar-refractivity contribution is 6.29. The molecule has 0 aliphatic rings. The molecule has 2 aromatic rings. The Morgan fingerprint density at radius 2 is 2.24 bits per heavy atom. The van der Waals surface area contributed by atoms with Crippen LogP contribution >= 0.6 is 11.6 Å². The van der Waals surface area contributed by atoms with Gasteiger partial charge in [0.2, 0.25) is 0 Å². The monoisotopic (exact) mass is 305 g/mol. The van der Waals surface area contributed by atoms with E-state index in [-0.39, 0.29) is 11.1 Å². The van der Waals surface area contributed by atoms with Gasteiger partial charge in [-0.15, -0.1) is 0 Å². The number of nitrogens with one attached hydrogen (secondary N) is 1. The zero-order chi connectivity index (χ0) is 15.2. The van der Waals surface area contributed by atoms with Crippen LogP contribution < -0.4 is 11.3 Å². The van der Waals surface area contributed by atoms with Gasteiger partial charge in [0.15, 0.2) is 0 Å². The fraction of sp³-hybridized carbons (Fsp3) is 0.214. The molecule has 21 heavy (non-hydrogen) atoms. The summed E-state index contributed by atoms with van der Waals surface area (Å²) in [6.45, 7) is 2.90. The Balaban J connectivity index is 2.22. The van der Waals surface area contributed by atoms with Crippen LogP contribution in [-0.2, 0) is 6.54 Å². The molecule has 110 valence electrons. The van der Waals surface area contributed by atoms with Crippen LogP contribution in [0.3, 0.4) is 0 Å². The zero-order valence-corrected chi connectivity index (χ0v) is 12.3. The van der Waals surface area contributed by atoms with Gasteiger partial charge in [-0.3, -0.25) is 9.78 Å². The van der Waals surface area contributed by atoms with Gasteiger partial charge in [0, 0.05) is 18.3 Å². The highest BCUT2D eigenvalue weighted by atomic mass is 35.5. The standard InChI is InChI=1S/C14H16ClN5O/c1-2-20(9-11-5-3-4-6-17-11)14(21)10-7-12(15)18-13(8-10)19-16/h3-8H,2,9,16H2,1H3,(H,18,19). The largest absolute Gasteiger partial charge is 0.333 e. The summed E-state index contributed by atoms with van der Waals surface area (Å²) in [6.07, 6.45) is 1.70. The van der Waals surface area contributed by atoms with Crippen LogP contribution in [0, 0.1) is 0 Å². The third kappa shape index (κ3) is 3.90. The lowest BCUT2D eigenvalue weighted by Gasteiger charge is -2.20. The Morgan fingerprint density at radius 1 is 1.43 bits per heavy atom. The molecule has 6 nitrogen and oxygen atoms in total. The Kier molecular flexibility index (Phi) is 5.08. The highest BCUT2D eigenvalue weighted by Crippen LogP contribution is 2.16. The van der Waals surface area contributed by atoms with Crippen molar-refractivity contribution < 1.29 is 4.79 Å². The maximum atomic E-state index is 12.5. The number of pyridine rings is 2. The third-order valence-corrected chi connectivity index (χ3v) is 3.13. The SMILES string of the molecule is CCN(Cc1ccccn1)C(=O)c1cc(Cl)nc(NN)c1. The van der Waals surface area contributed by atoms with Crippen molar-refractivity contribution in [3.8, 4) is 0 Å². The number of hydrazine groups is 1. The molecule has 0 unspecified atom stereocenters. The molecule has 0 aliphatic heterocycles. The normalized spacial score (nSPS) is 10.2. The number of hydrogen-bond donors (Lipinski definition) is 2. The van der Waals surface area contributed by atoms with Crippen LogP contribution in [0.5, 0.6) is 0 Å². The van der Waals surface area contributed by atoms with Gasteiger partial charge >= 0.3 is 0 Å². The number of amides is 1. The zero-order valence-electron chi connectivity index (χ0n) is 11.6. The van der Waals surface area contributed by atoms with Crippen molar-refractivity contribution in [2.75, 3.05) is 12.0 Å². The lowest BCUT2D eigenvalue weighted by atomic mass is 10.2. The van der Waals surface area contributed by atoms with E-state index in [1.165, 1.54) is 6.07 Å². The van der Waals surface area contributed by atoms with Gasteiger partial charge in [0.1, 0.15) is 11.0 Å². The summed E-state index contributed by atoms with van der Waals surface area (Å²) in [4.78, 5) is 22.4. The van der Waals surface area contributed by atoms with Gasteiger partial charge in [-0.25, -0.2) is 10.8 Å². The number of carbonyl (C=O) groups is 1. The van der Waals surface area contributed by atoms with E-state index in [2.05, 4.69) is 15.4 Å². The van der Waals surface area contributed by atoms with E-state index in [9.17, 15) is 4.79 Å². The maximum Gasteiger partial charge on any atom is 0.254 e. The molecule has 1 amide bonds. The Morgan fingerprint density at radius 3 is 2.86 bits per heavy atom. The Bertz CT molecular complexity index is 620. The summed E-state index contributed by atoms with van der Waals surface area (Å²) >= 11 is 5.89. The minimum atomic E-state index is -0.149. The number of halogens is 1. The fourth-order valence-electron chi connectivity index (χ4n) is 1.89. The molecule has 0 saturated heterocycles. The van der Waals surface area contributed by atoms with Crippen molar-refractivity contribution in [1.82, 2.24) is 14.9 Å². The number of rotatable bonds is 5. The molecule has 0 radical (unpaired) electrons. The van der Waals surface area contributed by atoms with Crippen LogP contribution in [0.2, 0.25) is 5.15 Å². The van der Waals surface area contributed by atoms with E-state index in [0.717, 1.165) is 5.69 Å². The molecule has 3 N–H and O–H groups in total. The summed E-state index contributed by atoms with van der Waals surface area (Å²) in [5, 5.41) is 0.211. The predicted octanol–water partition coefficient (Wildman–Crippen LogP) is 2.08. The number of anilines is 1. The number of carbonyl (C=O) groups excluding carboxylic acids is 1. The molecule has 0 atom stereocenters. The molecule has 0 spiro atoms. The molecule has 0 aromatic carbocycles. The van der Waals surface area contributed by atoms with Crippen molar-refractivity contribution >= 4 is 23.3 Å². The van der Waals surface area contributed by atoms with Crippen LogP contribution in [0.25, 0.3) is 0 Å². The summed E-state index contributed by atoms with van der Waals surface area (Å²) in [5.74, 6) is 5.51. The number of nitrogens with zero attached hydrogens (tertiary/aromatic N) is 3. The predicted molar refractivity (Wildman–Crippen MR) is 81.7 cm³/mol. The minimum Gasteiger partial charge on any atom is -0.333 e. The van der Waals surface area contributed by atoms with E-state index in [1.807, 2.05) is 25.1 Å². The van der Waals surface area contributed by atoms with Crippen molar-refractivity contribution in [1.29, 1.82) is 0 Å². The van der Waals surface area contributed by atoms with E-state index >= 15 is 0 Å². The molecule has 0 fully saturated rings. The van der Waals surface area contributed by atoms with E-state index < -0.39 is 0 Å². The van der Waals surface area contributed by atoms with Gasteiger partial charge < -0.3 is 10.3 Å². The first kappa shape index (κ1) is 15.2. The van der Waals surface area contributed by atoms with Crippen LogP contribution in [0.1, 0.15) is 23.0 Å². The lowest BCUT2D eigenvalue weighted by Crippen LogP contribution is -2.30. The molecule has 2 aromatic heterocycles. The van der Waals surface area contributed by atoms with Crippen molar-refractivity contribution in [2.24, 2.45) is 5.84 Å². The summed E-state index contributed by atoms with van der Waals surface area (Å²) in [7, 11) is 0. The Labute approximate surface area is 127 Å². The van der Waals surface area contributed by atoms with E-state index in [1.54, 1.807) is 17.2 Å². The molecule has 7 heteroatoms. The van der Waals surface area contributed by atoms with Crippen molar-refractivity contribution in [3.63, 3.8) is 0 Å². The summed E-state index contributed by atoms with van der Waals surface area (Å²) in [6, 6.07) is 8.69. The topological polar surface area (TPSA) is 84.1 Å². The minimum absolute atomic E-state index is 0.149. The average Bonchev–Trinajstić information content (AvgIpc) is 2.52. The van der Waals surface area contributed by atoms with Gasteiger partial charge in [-0.2, -0.15) is 0 Å². The maximum absolute atomic E-state index is 12.5. The van der Waals surface area contributed by atoms with Crippen LogP contribution in [-0.4, -0.2) is 27.3 Å². The van der Waals surface area contributed by atoms with Crippen LogP contribution in [0.15, 0.2) is 36.5 Å². The molecule has 0 bridgehead atoms. The lowest BCUT2D eigenvalue weighted by molar-refractivity contribution is 0.0750. The Hall–Kier alpha value is -2.18. The fourth-order valence-corrected chi connectivity index (χ4v) is 2.10. The number of nitrogen functional groups attached to an aromatic ring is 1. The first-order valence-electron chi connectivity index (χ1n) is 6.47. The molecule has 2 rings (SSSR count). The quantitative estimate of drug-likeness (QED) is 0.502. The second-order valence-electron chi connectivity index (χ2n) is 4.35. The second kappa shape index (κ2) is 7.01. The number of hydrogen-bond acceptors (Lipinski definition) is 5. The van der Waals surface area contributed by atoms with Crippen molar-refractivity contribution in [3.05, 3.63) is 52.9 Å². The second-order valence-corrected chi connectivity index (χ2v) is 4.74. The molecule has 2 heterocycles. The number of aromatic nitrogens is 2. The average molecular weight is 306 g/mol. The van der Waals surface area contributed by atoms with E-state index in [4.69, 9.17) is 17.4 Å². The van der Waals surface area contributed by atoms with Crippen LogP contribution in [0.4, 0.5) is 5.82 Å². The first-order valence-corrected chi connectivity index (χ1v) is 6.85. The number of nitrogens with two attached hydrogens (primary N) is 1. The van der Waals surface area contributed by atoms with Gasteiger partial charge in [-0.05, 0) is 31.2 Å².